The zero-order valence-electron chi connectivity index (χ0n) is 12.7. The van der Waals surface area contributed by atoms with E-state index in [0.29, 0.717) is 32.4 Å². The van der Waals surface area contributed by atoms with Crippen LogP contribution in [-0.4, -0.2) is 41.1 Å². The van der Waals surface area contributed by atoms with Gasteiger partial charge in [-0.05, 0) is 31.4 Å². The lowest BCUT2D eigenvalue weighted by Gasteiger charge is -2.31. The molecule has 1 aliphatic heterocycles. The fourth-order valence-corrected chi connectivity index (χ4v) is 4.74. The zero-order chi connectivity index (χ0) is 15.7. The van der Waals surface area contributed by atoms with Crippen LogP contribution >= 0.6 is 0 Å². The Bertz CT molecular complexity index is 814. The molecule has 1 aliphatic rings. The van der Waals surface area contributed by atoms with Gasteiger partial charge in [0, 0.05) is 19.1 Å². The zero-order valence-corrected chi connectivity index (χ0v) is 13.5. The number of nitrogens with one attached hydrogen (secondary N) is 1. The number of piperidine rings is 1. The Balaban J connectivity index is 1.82. The SMILES string of the molecule is CCCS(=O)(=O)N1CCC(n2c(=O)[nH]c3ccccc32)CC1. The molecule has 0 aliphatic carbocycles. The summed E-state index contributed by atoms with van der Waals surface area (Å²) in [5.41, 5.74) is 1.60. The molecule has 0 spiro atoms. The molecule has 2 aromatic rings. The number of H-pyrrole nitrogens is 1. The molecule has 6 nitrogen and oxygen atoms in total. The number of fused-ring (bicyclic) bond motifs is 1. The van der Waals surface area contributed by atoms with E-state index in [-0.39, 0.29) is 17.5 Å². The van der Waals surface area contributed by atoms with Gasteiger partial charge in [-0.25, -0.2) is 17.5 Å². The van der Waals surface area contributed by atoms with E-state index in [4.69, 9.17) is 0 Å². The van der Waals surface area contributed by atoms with Gasteiger partial charge in [0.2, 0.25) is 10.0 Å². The van der Waals surface area contributed by atoms with Crippen molar-refractivity contribution in [2.45, 2.75) is 32.2 Å². The monoisotopic (exact) mass is 323 g/mol. The predicted molar refractivity (Wildman–Crippen MR) is 86.5 cm³/mol. The van der Waals surface area contributed by atoms with Gasteiger partial charge >= 0.3 is 5.69 Å². The number of nitrogens with zero attached hydrogens (tertiary/aromatic N) is 2. The summed E-state index contributed by atoms with van der Waals surface area (Å²) in [6.45, 7) is 2.84. The first kappa shape index (κ1) is 15.3. The molecule has 1 aromatic carbocycles. The number of hydrogen-bond acceptors (Lipinski definition) is 3. The van der Waals surface area contributed by atoms with E-state index in [2.05, 4.69) is 4.98 Å². The maximum Gasteiger partial charge on any atom is 0.326 e. The van der Waals surface area contributed by atoms with Gasteiger partial charge in [-0.1, -0.05) is 19.1 Å². The Morgan fingerprint density at radius 3 is 2.59 bits per heavy atom. The van der Waals surface area contributed by atoms with Crippen molar-refractivity contribution in [1.29, 1.82) is 0 Å². The third-order valence-electron chi connectivity index (χ3n) is 4.27. The van der Waals surface area contributed by atoms with Gasteiger partial charge in [0.05, 0.1) is 16.8 Å². The molecule has 2 heterocycles. The van der Waals surface area contributed by atoms with Crippen LogP contribution in [0.1, 0.15) is 32.2 Å². The van der Waals surface area contributed by atoms with Crippen LogP contribution in [0.3, 0.4) is 0 Å². The molecule has 0 amide bonds. The summed E-state index contributed by atoms with van der Waals surface area (Å²) in [7, 11) is -3.14. The minimum absolute atomic E-state index is 0.0525. The van der Waals surface area contributed by atoms with E-state index in [1.54, 1.807) is 8.87 Å². The van der Waals surface area contributed by atoms with E-state index in [9.17, 15) is 13.2 Å². The van der Waals surface area contributed by atoms with E-state index >= 15 is 0 Å². The number of rotatable bonds is 4. The van der Waals surface area contributed by atoms with E-state index in [1.165, 1.54) is 0 Å². The van der Waals surface area contributed by atoms with Crippen molar-refractivity contribution in [2.24, 2.45) is 0 Å². The molecule has 1 N–H and O–H groups in total. The van der Waals surface area contributed by atoms with Crippen LogP contribution in [0.25, 0.3) is 11.0 Å². The highest BCUT2D eigenvalue weighted by Crippen LogP contribution is 2.26. The van der Waals surface area contributed by atoms with E-state index in [1.807, 2.05) is 31.2 Å². The molecule has 7 heteroatoms. The first-order valence-corrected chi connectivity index (χ1v) is 9.31. The molecule has 1 aromatic heterocycles. The van der Waals surface area contributed by atoms with Crippen molar-refractivity contribution in [3.8, 4) is 0 Å². The number of hydrogen-bond donors (Lipinski definition) is 1. The Labute approximate surface area is 129 Å². The fourth-order valence-electron chi connectivity index (χ4n) is 3.20. The molecule has 0 atom stereocenters. The topological polar surface area (TPSA) is 75.2 Å². The minimum Gasteiger partial charge on any atom is -0.306 e. The van der Waals surface area contributed by atoms with E-state index < -0.39 is 10.0 Å². The predicted octanol–water partition coefficient (Wildman–Crippen LogP) is 1.71. The smallest absolute Gasteiger partial charge is 0.306 e. The normalized spacial score (nSPS) is 18.0. The van der Waals surface area contributed by atoms with Crippen LogP contribution in [0.15, 0.2) is 29.1 Å². The second kappa shape index (κ2) is 5.89. The Kier molecular flexibility index (Phi) is 4.10. The van der Waals surface area contributed by atoms with Crippen LogP contribution in [0, 0.1) is 0 Å². The molecule has 0 saturated carbocycles. The first-order valence-electron chi connectivity index (χ1n) is 7.70. The number of benzene rings is 1. The van der Waals surface area contributed by atoms with Crippen molar-refractivity contribution < 1.29 is 8.42 Å². The van der Waals surface area contributed by atoms with Crippen LogP contribution < -0.4 is 5.69 Å². The van der Waals surface area contributed by atoms with Crippen LogP contribution in [0.2, 0.25) is 0 Å². The molecule has 0 unspecified atom stereocenters. The molecule has 0 bridgehead atoms. The van der Waals surface area contributed by atoms with Crippen LogP contribution in [-0.2, 0) is 10.0 Å². The molecule has 1 saturated heterocycles. The van der Waals surface area contributed by atoms with E-state index in [0.717, 1.165) is 11.0 Å². The highest BCUT2D eigenvalue weighted by atomic mass is 32.2. The van der Waals surface area contributed by atoms with Gasteiger partial charge < -0.3 is 4.98 Å². The lowest BCUT2D eigenvalue weighted by Crippen LogP contribution is -2.41. The molecule has 1 fully saturated rings. The quantitative estimate of drug-likeness (QED) is 0.930. The number of sulfonamides is 1. The summed E-state index contributed by atoms with van der Waals surface area (Å²) >= 11 is 0. The van der Waals surface area contributed by atoms with Crippen molar-refractivity contribution in [2.75, 3.05) is 18.8 Å². The third kappa shape index (κ3) is 2.70. The summed E-state index contributed by atoms with van der Waals surface area (Å²) in [4.78, 5) is 15.1. The Hall–Kier alpha value is -1.60. The fraction of sp³-hybridized carbons (Fsp3) is 0.533. The standard InChI is InChI=1S/C15H21N3O3S/c1-2-11-22(20,21)17-9-7-12(8-10-17)18-14-6-4-3-5-13(14)16-15(18)19/h3-6,12H,2,7-11H2,1H3,(H,16,19). The lowest BCUT2D eigenvalue weighted by molar-refractivity contribution is 0.274. The molecule has 22 heavy (non-hydrogen) atoms. The number of imidazole rings is 1. The Morgan fingerprint density at radius 1 is 1.23 bits per heavy atom. The average molecular weight is 323 g/mol. The van der Waals surface area contributed by atoms with Crippen molar-refractivity contribution >= 4 is 21.1 Å². The summed E-state index contributed by atoms with van der Waals surface area (Å²) in [6.07, 6.45) is 1.97. The number of aromatic nitrogens is 2. The van der Waals surface area contributed by atoms with Gasteiger partial charge in [-0.2, -0.15) is 0 Å². The number of para-hydroxylation sites is 2. The summed E-state index contributed by atoms with van der Waals surface area (Å²) < 4.78 is 27.6. The summed E-state index contributed by atoms with van der Waals surface area (Å²) in [5, 5.41) is 0. The highest BCUT2D eigenvalue weighted by molar-refractivity contribution is 7.89. The molecule has 120 valence electrons. The van der Waals surface area contributed by atoms with Gasteiger partial charge in [0.25, 0.3) is 0 Å². The second-order valence-corrected chi connectivity index (χ2v) is 7.85. The van der Waals surface area contributed by atoms with Gasteiger partial charge in [-0.3, -0.25) is 4.57 Å². The number of aromatic amines is 1. The highest BCUT2D eigenvalue weighted by Gasteiger charge is 2.29. The minimum atomic E-state index is -3.14. The van der Waals surface area contributed by atoms with Crippen LogP contribution in [0.4, 0.5) is 0 Å². The average Bonchev–Trinajstić information content (AvgIpc) is 2.83. The van der Waals surface area contributed by atoms with Gasteiger partial charge in [-0.15, -0.1) is 0 Å². The maximum absolute atomic E-state index is 12.2. The summed E-state index contributed by atoms with van der Waals surface area (Å²) in [5.74, 6) is 0.199. The Morgan fingerprint density at radius 2 is 1.91 bits per heavy atom. The first-order chi connectivity index (χ1) is 10.5. The maximum atomic E-state index is 12.2. The molecular weight excluding hydrogens is 302 g/mol. The molecule has 3 rings (SSSR count). The molecule has 0 radical (unpaired) electrons. The van der Waals surface area contributed by atoms with Crippen molar-refractivity contribution in [3.05, 3.63) is 34.7 Å². The van der Waals surface area contributed by atoms with Crippen LogP contribution in [0.5, 0.6) is 0 Å². The second-order valence-electron chi connectivity index (χ2n) is 5.76. The van der Waals surface area contributed by atoms with Crippen molar-refractivity contribution in [1.82, 2.24) is 13.9 Å². The van der Waals surface area contributed by atoms with Gasteiger partial charge in [0.1, 0.15) is 0 Å². The van der Waals surface area contributed by atoms with Crippen molar-refractivity contribution in [3.63, 3.8) is 0 Å². The lowest BCUT2D eigenvalue weighted by atomic mass is 10.1. The van der Waals surface area contributed by atoms with Gasteiger partial charge in [0.15, 0.2) is 0 Å². The third-order valence-corrected chi connectivity index (χ3v) is 6.34. The summed E-state index contributed by atoms with van der Waals surface area (Å²) in [6, 6.07) is 7.66. The molecular formula is C15H21N3O3S. The largest absolute Gasteiger partial charge is 0.326 e.